The molecular formula is C46H62CaO10S2. The van der Waals surface area contributed by atoms with Gasteiger partial charge >= 0.3 is 37.7 Å². The quantitative estimate of drug-likeness (QED) is 0.0351. The minimum atomic E-state index is -4.48. The fourth-order valence-electron chi connectivity index (χ4n) is 6.59. The number of benzene rings is 4. The van der Waals surface area contributed by atoms with Crippen molar-refractivity contribution in [2.75, 3.05) is 0 Å². The smallest absolute Gasteiger partial charge is 0.872 e. The first-order valence-electron chi connectivity index (χ1n) is 20.9. The molecule has 0 aliphatic carbocycles. The third-order valence-electron chi connectivity index (χ3n) is 9.73. The molecule has 10 nitrogen and oxygen atoms in total. The molecule has 0 aliphatic rings. The number of ether oxygens (including phenoxy) is 2. The summed E-state index contributed by atoms with van der Waals surface area (Å²) in [5.74, 6) is 1.74. The molecule has 0 unspecified atom stereocenters. The van der Waals surface area contributed by atoms with Crippen LogP contribution in [0.4, 0.5) is 0 Å². The fraction of sp³-hybridized carbons (Fsp3) is 0.478. The molecule has 4 rings (SSSR count). The van der Waals surface area contributed by atoms with E-state index in [0.29, 0.717) is 23.0 Å². The zero-order chi connectivity index (χ0) is 42.2. The average Bonchev–Trinajstić information content (AvgIpc) is 3.16. The number of hydrogen-bond acceptors (Lipinski definition) is 9. The molecular weight excluding hydrogens is 817 g/mol. The third-order valence-corrected chi connectivity index (χ3v) is 11.5. The standard InChI is InChI=1S/2C23H32O5S.Ca/c2*1-2-3-4-5-6-7-8-9-10-11-19-16-20(24)18-22(17-19)28-21-12-14-23(15-13-21)29(25,26)27;/h2*12-18,24H,2-11H2,1H3,(H,25,26,27);/q;;+2/p-2. The van der Waals surface area contributed by atoms with Crippen LogP contribution in [0.25, 0.3) is 0 Å². The number of phenols is 1. The average molecular weight is 879 g/mol. The molecule has 13 heteroatoms. The molecule has 0 spiro atoms. The van der Waals surface area contributed by atoms with E-state index >= 15 is 0 Å². The first kappa shape index (κ1) is 52.3. The van der Waals surface area contributed by atoms with Crippen molar-refractivity contribution in [1.82, 2.24) is 0 Å². The Morgan fingerprint density at radius 2 is 0.864 bits per heavy atom. The van der Waals surface area contributed by atoms with Crippen LogP contribution in [0.1, 0.15) is 141 Å². The van der Waals surface area contributed by atoms with Crippen molar-refractivity contribution in [3.63, 3.8) is 0 Å². The van der Waals surface area contributed by atoms with E-state index < -0.39 is 20.2 Å². The second kappa shape index (κ2) is 28.6. The topological polar surface area (TPSA) is 173 Å². The molecule has 59 heavy (non-hydrogen) atoms. The van der Waals surface area contributed by atoms with Gasteiger partial charge in [-0.1, -0.05) is 123 Å². The second-order valence-electron chi connectivity index (χ2n) is 14.9. The maximum Gasteiger partial charge on any atom is 2.00 e. The largest absolute Gasteiger partial charge is 2.00 e. The van der Waals surface area contributed by atoms with E-state index in [2.05, 4.69) is 13.8 Å². The predicted octanol–water partition coefficient (Wildman–Crippen LogP) is 11.7. The van der Waals surface area contributed by atoms with Gasteiger partial charge in [0.1, 0.15) is 38.9 Å². The Hall–Kier alpha value is -2.84. The van der Waals surface area contributed by atoms with Crippen LogP contribution in [0.5, 0.6) is 34.5 Å². The van der Waals surface area contributed by atoms with Crippen molar-refractivity contribution in [3.8, 4) is 34.5 Å². The van der Waals surface area contributed by atoms with Gasteiger partial charge in [-0.25, -0.2) is 8.42 Å². The summed E-state index contributed by atoms with van der Waals surface area (Å²) in [7, 11) is -8.71. The Bertz CT molecular complexity index is 1840. The van der Waals surface area contributed by atoms with Gasteiger partial charge in [-0.3, -0.25) is 4.55 Å². The summed E-state index contributed by atoms with van der Waals surface area (Å²) in [4.78, 5) is -0.500. The summed E-state index contributed by atoms with van der Waals surface area (Å²) in [6, 6.07) is 20.7. The molecule has 0 aromatic heterocycles. The normalized spacial score (nSPS) is 11.3. The fourth-order valence-corrected chi connectivity index (χ4v) is 7.54. The predicted molar refractivity (Wildman–Crippen MR) is 232 cm³/mol. The SMILES string of the molecule is CCCCCCCCCCCc1cc(O)cc(Oc2ccc(S(=O)(=O)O)cc2)c1.CCCCCCCCCCCc1cc([O-])cc(Oc2ccc(S(=O)(=O)[O-])cc2)c1.[Ca+2]. The Balaban J connectivity index is 0.000000400. The number of aryl methyl sites for hydroxylation is 2. The number of rotatable bonds is 26. The molecule has 4 aromatic rings. The van der Waals surface area contributed by atoms with Gasteiger partial charge in [-0.2, -0.15) is 8.42 Å². The van der Waals surface area contributed by atoms with Crippen LogP contribution in [0.15, 0.2) is 94.7 Å². The van der Waals surface area contributed by atoms with Gasteiger partial charge in [0.2, 0.25) is 0 Å². The molecule has 2 N–H and O–H groups in total. The van der Waals surface area contributed by atoms with Crippen LogP contribution in [0.3, 0.4) is 0 Å². The third kappa shape index (κ3) is 22.5. The van der Waals surface area contributed by atoms with E-state index in [4.69, 9.17) is 14.0 Å². The summed E-state index contributed by atoms with van der Waals surface area (Å²) in [6.07, 6.45) is 24.4. The van der Waals surface area contributed by atoms with Gasteiger partial charge in [0.05, 0.1) is 9.79 Å². The van der Waals surface area contributed by atoms with E-state index in [1.54, 1.807) is 12.1 Å². The molecule has 0 heterocycles. The van der Waals surface area contributed by atoms with Crippen molar-refractivity contribution in [2.24, 2.45) is 0 Å². The molecule has 0 saturated carbocycles. The van der Waals surface area contributed by atoms with Crippen LogP contribution in [-0.4, -0.2) is 68.8 Å². The summed E-state index contributed by atoms with van der Waals surface area (Å²) in [5, 5.41) is 21.9. The van der Waals surface area contributed by atoms with Crippen LogP contribution >= 0.6 is 0 Å². The Labute approximate surface area is 383 Å². The van der Waals surface area contributed by atoms with E-state index in [1.807, 2.05) is 12.1 Å². The van der Waals surface area contributed by atoms with Crippen molar-refractivity contribution < 1.29 is 45.6 Å². The monoisotopic (exact) mass is 878 g/mol. The van der Waals surface area contributed by atoms with E-state index in [9.17, 15) is 31.6 Å². The van der Waals surface area contributed by atoms with Crippen molar-refractivity contribution in [2.45, 2.75) is 152 Å². The molecule has 0 aliphatic heterocycles. The minimum absolute atomic E-state index is 0. The molecule has 0 amide bonds. The molecule has 0 bridgehead atoms. The van der Waals surface area contributed by atoms with Crippen molar-refractivity contribution in [1.29, 1.82) is 0 Å². The molecule has 0 fully saturated rings. The minimum Gasteiger partial charge on any atom is -0.872 e. The van der Waals surface area contributed by atoms with Crippen LogP contribution < -0.4 is 14.6 Å². The summed E-state index contributed by atoms with van der Waals surface area (Å²) >= 11 is 0. The van der Waals surface area contributed by atoms with E-state index in [-0.39, 0.29) is 59.0 Å². The van der Waals surface area contributed by atoms with Crippen molar-refractivity contribution >= 4 is 58.0 Å². The maximum absolute atomic E-state index is 11.9. The van der Waals surface area contributed by atoms with Crippen molar-refractivity contribution in [3.05, 3.63) is 96.1 Å². The van der Waals surface area contributed by atoms with Gasteiger partial charge in [0, 0.05) is 6.07 Å². The van der Waals surface area contributed by atoms with Crippen LogP contribution in [0.2, 0.25) is 0 Å². The molecule has 0 radical (unpaired) electrons. The zero-order valence-electron chi connectivity index (χ0n) is 34.9. The summed E-state index contributed by atoms with van der Waals surface area (Å²) in [5.41, 5.74) is 1.95. The van der Waals surface area contributed by atoms with Crippen LogP contribution in [-0.2, 0) is 33.1 Å². The number of aromatic hydroxyl groups is 1. The summed E-state index contributed by atoms with van der Waals surface area (Å²) < 4.78 is 75.5. The second-order valence-corrected chi connectivity index (χ2v) is 17.7. The number of unbranched alkanes of at least 4 members (excludes halogenated alkanes) is 16. The van der Waals surface area contributed by atoms with Crippen LogP contribution in [0, 0.1) is 0 Å². The van der Waals surface area contributed by atoms with Gasteiger partial charge in [-0.15, -0.1) is 5.75 Å². The number of hydrogen-bond donors (Lipinski definition) is 2. The van der Waals surface area contributed by atoms with Gasteiger partial charge in [0.25, 0.3) is 10.1 Å². The summed E-state index contributed by atoms with van der Waals surface area (Å²) in [6.45, 7) is 4.46. The Morgan fingerprint density at radius 1 is 0.492 bits per heavy atom. The van der Waals surface area contributed by atoms with Gasteiger partial charge in [0.15, 0.2) is 0 Å². The van der Waals surface area contributed by atoms with E-state index in [0.717, 1.165) is 43.2 Å². The zero-order valence-corrected chi connectivity index (χ0v) is 38.8. The molecule has 0 saturated heterocycles. The number of phenolic OH excluding ortho intramolecular Hbond substituents is 1. The van der Waals surface area contributed by atoms with Gasteiger partial charge < -0.3 is 24.2 Å². The first-order chi connectivity index (χ1) is 27.8. The molecule has 0 atom stereocenters. The van der Waals surface area contributed by atoms with Gasteiger partial charge in [-0.05, 0) is 110 Å². The molecule has 320 valence electrons. The molecule has 4 aromatic carbocycles. The maximum atomic E-state index is 11.9. The van der Waals surface area contributed by atoms with E-state index in [1.165, 1.54) is 157 Å². The Morgan fingerprint density at radius 3 is 1.27 bits per heavy atom. The first-order valence-corrected chi connectivity index (χ1v) is 23.7. The Kier molecular flexibility index (Phi) is 25.4.